The molecule has 0 radical (unpaired) electrons. The summed E-state index contributed by atoms with van der Waals surface area (Å²) >= 11 is 0. The minimum absolute atomic E-state index is 0.133. The minimum Gasteiger partial charge on any atom is -0.368 e. The van der Waals surface area contributed by atoms with Crippen LogP contribution in [0.3, 0.4) is 0 Å². The fourth-order valence-corrected chi connectivity index (χ4v) is 1.59. The van der Waals surface area contributed by atoms with Gasteiger partial charge in [-0.15, -0.1) is 0 Å². The van der Waals surface area contributed by atoms with Crippen LogP contribution in [0.15, 0.2) is 12.1 Å². The predicted molar refractivity (Wildman–Crippen MR) is 67.5 cm³/mol. The molecule has 6 N–H and O–H groups in total. The number of primary amides is 2. The Bertz CT molecular complexity index is 445. The Hall–Kier alpha value is -2.15. The summed E-state index contributed by atoms with van der Waals surface area (Å²) < 4.78 is 0. The third-order valence-corrected chi connectivity index (χ3v) is 2.31. The molecule has 1 heterocycles. The quantitative estimate of drug-likeness (QED) is 0.574. The highest BCUT2D eigenvalue weighted by molar-refractivity contribution is 5.84. The Morgan fingerprint density at radius 3 is 2.22 bits per heavy atom. The van der Waals surface area contributed by atoms with Crippen molar-refractivity contribution in [1.82, 2.24) is 4.98 Å². The first-order chi connectivity index (χ1) is 8.43. The van der Waals surface area contributed by atoms with Gasteiger partial charge in [0.15, 0.2) is 0 Å². The van der Waals surface area contributed by atoms with Crippen LogP contribution < -0.4 is 22.1 Å². The number of hydrogen-bond acceptors (Lipinski definition) is 5. The Balaban J connectivity index is 3.13. The second kappa shape index (κ2) is 5.97. The van der Waals surface area contributed by atoms with Gasteiger partial charge in [-0.05, 0) is 13.0 Å². The molecule has 7 nitrogen and oxygen atoms in total. The van der Waals surface area contributed by atoms with Gasteiger partial charge in [-0.2, -0.15) is 0 Å². The van der Waals surface area contributed by atoms with Crippen molar-refractivity contribution < 1.29 is 9.59 Å². The number of rotatable bonds is 6. The second-order valence-corrected chi connectivity index (χ2v) is 3.93. The van der Waals surface area contributed by atoms with Crippen molar-refractivity contribution in [3.63, 3.8) is 0 Å². The molecule has 0 fully saturated rings. The maximum atomic E-state index is 11.0. The lowest BCUT2D eigenvalue weighted by Crippen LogP contribution is -2.40. The van der Waals surface area contributed by atoms with Gasteiger partial charge in [0.1, 0.15) is 5.82 Å². The van der Waals surface area contributed by atoms with E-state index in [4.69, 9.17) is 17.2 Å². The number of amides is 2. The van der Waals surface area contributed by atoms with Gasteiger partial charge in [0.2, 0.25) is 11.8 Å². The maximum absolute atomic E-state index is 11.0. The molecule has 1 aromatic rings. The molecular weight excluding hydrogens is 234 g/mol. The third kappa shape index (κ3) is 3.70. The van der Waals surface area contributed by atoms with E-state index in [0.29, 0.717) is 5.82 Å². The van der Waals surface area contributed by atoms with Crippen LogP contribution in [0.25, 0.3) is 0 Å². The number of nitrogens with two attached hydrogens (primary N) is 3. The summed E-state index contributed by atoms with van der Waals surface area (Å²) in [5, 5.41) is 0. The zero-order chi connectivity index (χ0) is 13.7. The Labute approximate surface area is 105 Å². The molecule has 0 atom stereocenters. The van der Waals surface area contributed by atoms with Crippen LogP contribution in [-0.4, -0.2) is 29.9 Å². The summed E-state index contributed by atoms with van der Waals surface area (Å²) in [5.74, 6) is -0.667. The lowest BCUT2D eigenvalue weighted by atomic mass is 10.2. The van der Waals surface area contributed by atoms with E-state index in [1.807, 2.05) is 0 Å². The average molecular weight is 251 g/mol. The van der Waals surface area contributed by atoms with Gasteiger partial charge in [0, 0.05) is 17.8 Å². The molecule has 0 aliphatic heterocycles. The highest BCUT2D eigenvalue weighted by atomic mass is 16.2. The van der Waals surface area contributed by atoms with Crippen molar-refractivity contribution in [3.05, 3.63) is 23.4 Å². The molecule has 7 heteroatoms. The fraction of sp³-hybridized carbons (Fsp3) is 0.364. The second-order valence-electron chi connectivity index (χ2n) is 3.93. The summed E-state index contributed by atoms with van der Waals surface area (Å²) in [6, 6.07) is 3.60. The van der Waals surface area contributed by atoms with E-state index in [1.165, 1.54) is 4.90 Å². The van der Waals surface area contributed by atoms with Gasteiger partial charge >= 0.3 is 0 Å². The topological polar surface area (TPSA) is 128 Å². The zero-order valence-corrected chi connectivity index (χ0v) is 10.2. The van der Waals surface area contributed by atoms with E-state index < -0.39 is 11.8 Å². The number of nitrogens with zero attached hydrogens (tertiary/aromatic N) is 2. The van der Waals surface area contributed by atoms with E-state index in [2.05, 4.69) is 4.98 Å². The highest BCUT2D eigenvalue weighted by Gasteiger charge is 2.16. The zero-order valence-electron chi connectivity index (χ0n) is 10.2. The van der Waals surface area contributed by atoms with E-state index >= 15 is 0 Å². The normalized spacial score (nSPS) is 10.1. The molecule has 0 bridgehead atoms. The first kappa shape index (κ1) is 13.9. The van der Waals surface area contributed by atoms with E-state index in [0.717, 1.165) is 11.3 Å². The molecule has 2 amide bonds. The summed E-state index contributed by atoms with van der Waals surface area (Å²) in [5.41, 5.74) is 17.4. The number of aromatic nitrogens is 1. The molecule has 18 heavy (non-hydrogen) atoms. The fourth-order valence-electron chi connectivity index (χ4n) is 1.59. The SMILES string of the molecule is Cc1ccc(CN)c(N(CC(N)=O)CC(N)=O)n1. The Kier molecular flexibility index (Phi) is 4.61. The van der Waals surface area contributed by atoms with Crippen LogP contribution >= 0.6 is 0 Å². The van der Waals surface area contributed by atoms with Gasteiger partial charge in [-0.25, -0.2) is 4.98 Å². The smallest absolute Gasteiger partial charge is 0.237 e. The number of carbonyl (C=O) groups is 2. The third-order valence-electron chi connectivity index (χ3n) is 2.31. The molecule has 1 aromatic heterocycles. The minimum atomic E-state index is -0.567. The summed E-state index contributed by atoms with van der Waals surface area (Å²) in [4.78, 5) is 27.7. The molecule has 0 saturated heterocycles. The Morgan fingerprint density at radius 2 is 1.78 bits per heavy atom. The van der Waals surface area contributed by atoms with Crippen molar-refractivity contribution in [2.45, 2.75) is 13.5 Å². The molecule has 0 aliphatic carbocycles. The standard InChI is InChI=1S/C11H17N5O2/c1-7-2-3-8(4-12)11(15-7)16(5-9(13)17)6-10(14)18/h2-3H,4-6,12H2,1H3,(H2,13,17)(H2,14,18). The molecule has 98 valence electrons. The van der Waals surface area contributed by atoms with Gasteiger partial charge in [0.05, 0.1) is 13.1 Å². The Morgan fingerprint density at radius 1 is 1.22 bits per heavy atom. The van der Waals surface area contributed by atoms with Crippen molar-refractivity contribution in [2.75, 3.05) is 18.0 Å². The first-order valence-corrected chi connectivity index (χ1v) is 5.42. The molecular formula is C11H17N5O2. The van der Waals surface area contributed by atoms with Crippen molar-refractivity contribution in [2.24, 2.45) is 17.2 Å². The van der Waals surface area contributed by atoms with Crippen LogP contribution in [-0.2, 0) is 16.1 Å². The molecule has 0 spiro atoms. The predicted octanol–water partition coefficient (Wildman–Crippen LogP) is -1.37. The highest BCUT2D eigenvalue weighted by Crippen LogP contribution is 2.17. The van der Waals surface area contributed by atoms with Gasteiger partial charge < -0.3 is 22.1 Å². The van der Waals surface area contributed by atoms with Gasteiger partial charge in [-0.3, -0.25) is 9.59 Å². The summed E-state index contributed by atoms with van der Waals surface area (Å²) in [6.45, 7) is 1.78. The van der Waals surface area contributed by atoms with Crippen molar-refractivity contribution in [1.29, 1.82) is 0 Å². The lowest BCUT2D eigenvalue weighted by Gasteiger charge is -2.23. The summed E-state index contributed by atoms with van der Waals surface area (Å²) in [6.07, 6.45) is 0. The number of aryl methyl sites for hydroxylation is 1. The van der Waals surface area contributed by atoms with Crippen LogP contribution in [0.4, 0.5) is 5.82 Å². The largest absolute Gasteiger partial charge is 0.368 e. The van der Waals surface area contributed by atoms with Crippen molar-refractivity contribution in [3.8, 4) is 0 Å². The first-order valence-electron chi connectivity index (χ1n) is 5.42. The lowest BCUT2D eigenvalue weighted by molar-refractivity contribution is -0.117. The molecule has 1 rings (SSSR count). The number of pyridine rings is 1. The molecule has 0 unspecified atom stereocenters. The number of carbonyl (C=O) groups excluding carboxylic acids is 2. The monoisotopic (exact) mass is 251 g/mol. The van der Waals surface area contributed by atoms with Gasteiger partial charge in [-0.1, -0.05) is 6.07 Å². The molecule has 0 aromatic carbocycles. The van der Waals surface area contributed by atoms with Gasteiger partial charge in [0.25, 0.3) is 0 Å². The number of hydrogen-bond donors (Lipinski definition) is 3. The molecule has 0 saturated carbocycles. The summed E-state index contributed by atoms with van der Waals surface area (Å²) in [7, 11) is 0. The van der Waals surface area contributed by atoms with E-state index in [1.54, 1.807) is 19.1 Å². The van der Waals surface area contributed by atoms with Crippen LogP contribution in [0.1, 0.15) is 11.3 Å². The van der Waals surface area contributed by atoms with E-state index in [-0.39, 0.29) is 19.6 Å². The number of anilines is 1. The van der Waals surface area contributed by atoms with Crippen LogP contribution in [0.2, 0.25) is 0 Å². The van der Waals surface area contributed by atoms with Crippen LogP contribution in [0, 0.1) is 6.92 Å². The average Bonchev–Trinajstić information content (AvgIpc) is 2.26. The van der Waals surface area contributed by atoms with E-state index in [9.17, 15) is 9.59 Å². The maximum Gasteiger partial charge on any atom is 0.237 e. The molecule has 0 aliphatic rings. The van der Waals surface area contributed by atoms with Crippen molar-refractivity contribution >= 4 is 17.6 Å². The van der Waals surface area contributed by atoms with Crippen LogP contribution in [0.5, 0.6) is 0 Å².